The summed E-state index contributed by atoms with van der Waals surface area (Å²) in [4.78, 5) is 25.1. The summed E-state index contributed by atoms with van der Waals surface area (Å²) in [6.07, 6.45) is -1.07. The predicted octanol–water partition coefficient (Wildman–Crippen LogP) is 4.49. The molecular formula is C23H24N2O4. The van der Waals surface area contributed by atoms with E-state index >= 15 is 0 Å². The van der Waals surface area contributed by atoms with Crippen LogP contribution in [0, 0.1) is 24.2 Å². The first-order valence-electron chi connectivity index (χ1n) is 9.53. The van der Waals surface area contributed by atoms with Gasteiger partial charge < -0.3 is 14.5 Å². The van der Waals surface area contributed by atoms with Crippen molar-refractivity contribution in [3.8, 4) is 6.07 Å². The van der Waals surface area contributed by atoms with E-state index in [1.807, 2.05) is 50.2 Å². The largest absolute Gasteiger partial charge is 0.448 e. The Kier molecular flexibility index (Phi) is 5.34. The fraction of sp³-hybridized carbons (Fsp3) is 0.348. The third-order valence-corrected chi connectivity index (χ3v) is 5.44. The number of ether oxygens (including phenoxy) is 1. The summed E-state index contributed by atoms with van der Waals surface area (Å²) in [5.41, 5.74) is 0.222. The second-order valence-corrected chi connectivity index (χ2v) is 7.73. The van der Waals surface area contributed by atoms with Gasteiger partial charge in [0.1, 0.15) is 11.1 Å². The molecular weight excluding hydrogens is 368 g/mol. The molecule has 0 radical (unpaired) electrons. The van der Waals surface area contributed by atoms with Crippen LogP contribution in [0.2, 0.25) is 0 Å². The van der Waals surface area contributed by atoms with Gasteiger partial charge >= 0.3 is 5.97 Å². The molecule has 0 saturated carbocycles. The summed E-state index contributed by atoms with van der Waals surface area (Å²) < 4.78 is 11.2. The lowest BCUT2D eigenvalue weighted by molar-refractivity contribution is -0.130. The van der Waals surface area contributed by atoms with Gasteiger partial charge in [0, 0.05) is 16.3 Å². The zero-order valence-electron chi connectivity index (χ0n) is 17.2. The van der Waals surface area contributed by atoms with Gasteiger partial charge in [-0.15, -0.1) is 0 Å². The quantitative estimate of drug-likeness (QED) is 0.646. The fourth-order valence-electron chi connectivity index (χ4n) is 3.07. The van der Waals surface area contributed by atoms with Crippen LogP contribution in [-0.2, 0) is 9.53 Å². The van der Waals surface area contributed by atoms with Crippen molar-refractivity contribution in [3.05, 3.63) is 47.7 Å². The second kappa shape index (κ2) is 7.59. The minimum absolute atomic E-state index is 0.0721. The van der Waals surface area contributed by atoms with Crippen LogP contribution in [0.25, 0.3) is 21.7 Å². The zero-order valence-corrected chi connectivity index (χ0v) is 17.2. The standard InChI is InChI=1S/C23H24N2O4/c1-13(2)23(5,12-24)25-21(26)15(4)28-22(27)19-14(3)17-11-10-16-8-6-7-9-18(16)20(17)29-19/h6-11,13,15H,1-5H3,(H,25,26)/t15-,23-/m1/s1. The van der Waals surface area contributed by atoms with Crippen LogP contribution in [0.5, 0.6) is 0 Å². The Morgan fingerprint density at radius 1 is 1.14 bits per heavy atom. The lowest BCUT2D eigenvalue weighted by Gasteiger charge is -2.28. The summed E-state index contributed by atoms with van der Waals surface area (Å²) in [5, 5.41) is 14.8. The van der Waals surface area contributed by atoms with Crippen molar-refractivity contribution in [2.75, 3.05) is 0 Å². The van der Waals surface area contributed by atoms with E-state index in [2.05, 4.69) is 11.4 Å². The smallest absolute Gasteiger partial charge is 0.375 e. The van der Waals surface area contributed by atoms with Gasteiger partial charge in [0.2, 0.25) is 5.76 Å². The molecule has 6 heteroatoms. The van der Waals surface area contributed by atoms with Crippen LogP contribution in [0.4, 0.5) is 0 Å². The van der Waals surface area contributed by atoms with Gasteiger partial charge in [-0.3, -0.25) is 4.79 Å². The van der Waals surface area contributed by atoms with Crippen LogP contribution in [-0.4, -0.2) is 23.5 Å². The highest BCUT2D eigenvalue weighted by Crippen LogP contribution is 2.32. The Bertz CT molecular complexity index is 1140. The summed E-state index contributed by atoms with van der Waals surface area (Å²) in [6, 6.07) is 13.7. The van der Waals surface area contributed by atoms with Crippen LogP contribution in [0.3, 0.4) is 0 Å². The number of amides is 1. The van der Waals surface area contributed by atoms with Crippen molar-refractivity contribution < 1.29 is 18.7 Å². The molecule has 0 bridgehead atoms. The average Bonchev–Trinajstić information content (AvgIpc) is 3.04. The number of aryl methyl sites for hydroxylation is 1. The molecule has 6 nitrogen and oxygen atoms in total. The maximum absolute atomic E-state index is 12.7. The second-order valence-electron chi connectivity index (χ2n) is 7.73. The van der Waals surface area contributed by atoms with Gasteiger partial charge in [0.05, 0.1) is 6.07 Å². The molecule has 0 saturated heterocycles. The highest BCUT2D eigenvalue weighted by atomic mass is 16.6. The molecule has 1 heterocycles. The number of carbonyl (C=O) groups excluding carboxylic acids is 2. The molecule has 150 valence electrons. The van der Waals surface area contributed by atoms with E-state index in [1.165, 1.54) is 6.92 Å². The highest BCUT2D eigenvalue weighted by molar-refractivity contribution is 6.08. The molecule has 0 fully saturated rings. The van der Waals surface area contributed by atoms with Gasteiger partial charge in [-0.25, -0.2) is 4.79 Å². The number of hydrogen-bond acceptors (Lipinski definition) is 5. The molecule has 3 aromatic rings. The topological polar surface area (TPSA) is 92.3 Å². The molecule has 0 spiro atoms. The predicted molar refractivity (Wildman–Crippen MR) is 110 cm³/mol. The number of hydrogen-bond donors (Lipinski definition) is 1. The molecule has 3 rings (SSSR count). The normalized spacial score (nSPS) is 14.4. The summed E-state index contributed by atoms with van der Waals surface area (Å²) in [7, 11) is 0. The van der Waals surface area contributed by atoms with Gasteiger partial charge in [0.15, 0.2) is 6.10 Å². The van der Waals surface area contributed by atoms with E-state index in [4.69, 9.17) is 9.15 Å². The van der Waals surface area contributed by atoms with Crippen molar-refractivity contribution in [2.45, 2.75) is 46.3 Å². The van der Waals surface area contributed by atoms with Crippen LogP contribution in [0.15, 0.2) is 40.8 Å². The molecule has 2 atom stereocenters. The molecule has 0 aliphatic carbocycles. The van der Waals surface area contributed by atoms with Crippen molar-refractivity contribution in [1.29, 1.82) is 5.26 Å². The van der Waals surface area contributed by atoms with E-state index in [-0.39, 0.29) is 11.7 Å². The molecule has 0 unspecified atom stereocenters. The van der Waals surface area contributed by atoms with Crippen molar-refractivity contribution in [3.63, 3.8) is 0 Å². The number of carbonyl (C=O) groups is 2. The third kappa shape index (κ3) is 3.68. The molecule has 29 heavy (non-hydrogen) atoms. The Morgan fingerprint density at radius 3 is 2.48 bits per heavy atom. The minimum atomic E-state index is -1.07. The Labute approximate surface area is 169 Å². The number of esters is 1. The van der Waals surface area contributed by atoms with E-state index in [0.29, 0.717) is 11.1 Å². The van der Waals surface area contributed by atoms with Crippen molar-refractivity contribution in [1.82, 2.24) is 5.32 Å². The Morgan fingerprint density at radius 2 is 1.83 bits per heavy atom. The summed E-state index contributed by atoms with van der Waals surface area (Å²) >= 11 is 0. The number of nitrogens with one attached hydrogen (secondary N) is 1. The molecule has 1 aromatic heterocycles. The van der Waals surface area contributed by atoms with E-state index in [1.54, 1.807) is 13.8 Å². The van der Waals surface area contributed by atoms with E-state index in [9.17, 15) is 14.9 Å². The van der Waals surface area contributed by atoms with Crippen LogP contribution in [0.1, 0.15) is 43.8 Å². The van der Waals surface area contributed by atoms with Crippen molar-refractivity contribution >= 4 is 33.6 Å². The number of nitrogens with zero attached hydrogens (tertiary/aromatic N) is 1. The maximum Gasteiger partial charge on any atom is 0.375 e. The molecule has 0 aliphatic rings. The van der Waals surface area contributed by atoms with E-state index < -0.39 is 23.5 Å². The lowest BCUT2D eigenvalue weighted by atomic mass is 9.90. The van der Waals surface area contributed by atoms with Gasteiger partial charge in [-0.05, 0) is 32.1 Å². The fourth-order valence-corrected chi connectivity index (χ4v) is 3.07. The average molecular weight is 392 g/mol. The van der Waals surface area contributed by atoms with Crippen LogP contribution >= 0.6 is 0 Å². The first kappa shape index (κ1) is 20.4. The maximum atomic E-state index is 12.7. The van der Waals surface area contributed by atoms with Gasteiger partial charge in [-0.2, -0.15) is 5.26 Å². The molecule has 0 aliphatic heterocycles. The number of furan rings is 1. The molecule has 2 aromatic carbocycles. The van der Waals surface area contributed by atoms with Crippen LogP contribution < -0.4 is 5.32 Å². The highest BCUT2D eigenvalue weighted by Gasteiger charge is 2.33. The number of benzene rings is 2. The minimum Gasteiger partial charge on any atom is -0.448 e. The summed E-state index contributed by atoms with van der Waals surface area (Å²) in [6.45, 7) is 8.56. The number of nitriles is 1. The number of rotatable bonds is 5. The molecule has 1 amide bonds. The third-order valence-electron chi connectivity index (χ3n) is 5.44. The van der Waals surface area contributed by atoms with Gasteiger partial charge in [-0.1, -0.05) is 50.2 Å². The Balaban J connectivity index is 1.85. The van der Waals surface area contributed by atoms with E-state index in [0.717, 1.165) is 16.2 Å². The summed E-state index contributed by atoms with van der Waals surface area (Å²) in [5.74, 6) is -1.28. The SMILES string of the molecule is Cc1c(C(=O)O[C@H](C)C(=O)N[C@](C)(C#N)C(C)C)oc2c1ccc1ccccc12. The zero-order chi connectivity index (χ0) is 21.3. The first-order chi connectivity index (χ1) is 13.7. The lowest BCUT2D eigenvalue weighted by Crippen LogP contribution is -2.52. The monoisotopic (exact) mass is 392 g/mol. The van der Waals surface area contributed by atoms with Crippen molar-refractivity contribution in [2.24, 2.45) is 5.92 Å². The number of fused-ring (bicyclic) bond motifs is 3. The first-order valence-corrected chi connectivity index (χ1v) is 9.53. The molecule has 1 N–H and O–H groups in total. The Hall–Kier alpha value is -3.33. The van der Waals surface area contributed by atoms with Gasteiger partial charge in [0.25, 0.3) is 5.91 Å².